The zero-order valence-corrected chi connectivity index (χ0v) is 26.6. The van der Waals surface area contributed by atoms with Gasteiger partial charge in [0.15, 0.2) is 16.6 Å². The summed E-state index contributed by atoms with van der Waals surface area (Å²) >= 11 is 0. The first-order valence-electron chi connectivity index (χ1n) is 12.2. The van der Waals surface area contributed by atoms with Crippen molar-refractivity contribution in [1.82, 2.24) is 0 Å². The van der Waals surface area contributed by atoms with Crippen LogP contribution in [0.2, 0.25) is 41.3 Å². The average molecular weight is 503 g/mol. The summed E-state index contributed by atoms with van der Waals surface area (Å²) in [6, 6.07) is 20.2. The highest BCUT2D eigenvalue weighted by Crippen LogP contribution is 2.44. The molecular formula is C28H50O2Si3. The van der Waals surface area contributed by atoms with Crippen LogP contribution in [0.5, 0.6) is 0 Å². The quantitative estimate of drug-likeness (QED) is 0.437. The summed E-state index contributed by atoms with van der Waals surface area (Å²) in [6.07, 6.45) is 0. The first kappa shape index (κ1) is 30.0. The second-order valence-corrected chi connectivity index (χ2v) is 27.2. The van der Waals surface area contributed by atoms with Crippen molar-refractivity contribution < 1.29 is 8.91 Å². The van der Waals surface area contributed by atoms with E-state index in [4.69, 9.17) is 4.12 Å². The van der Waals surface area contributed by atoms with E-state index in [0.717, 1.165) is 10.4 Å². The lowest BCUT2D eigenvalue weighted by Gasteiger charge is -2.47. The molecule has 0 bridgehead atoms. The van der Waals surface area contributed by atoms with Crippen molar-refractivity contribution in [3.63, 3.8) is 0 Å². The Morgan fingerprint density at radius 1 is 0.515 bits per heavy atom. The van der Waals surface area contributed by atoms with Crippen molar-refractivity contribution in [2.45, 2.75) is 104 Å². The number of hydrogen-bond donors (Lipinski definition) is 1. The molecule has 0 aliphatic rings. The summed E-state index contributed by atoms with van der Waals surface area (Å²) in [4.78, 5) is 11.4. The first-order valence-corrected chi connectivity index (χ1v) is 20.0. The van der Waals surface area contributed by atoms with Crippen molar-refractivity contribution in [2.75, 3.05) is 0 Å². The summed E-state index contributed by atoms with van der Waals surface area (Å²) in [6.45, 7) is 29.7. The SMILES string of the molecule is CC(C)(C)[Si](C)(C)O[Si](C)(C)C(C)(C)C.CC(C)(C)[Si](O)(c1ccccc1)c1ccccc1. The summed E-state index contributed by atoms with van der Waals surface area (Å²) in [5.41, 5.74) is 0. The van der Waals surface area contributed by atoms with Gasteiger partial charge >= 0.3 is 0 Å². The molecule has 2 nitrogen and oxygen atoms in total. The van der Waals surface area contributed by atoms with Crippen LogP contribution in [0.1, 0.15) is 62.3 Å². The van der Waals surface area contributed by atoms with Gasteiger partial charge in [0.1, 0.15) is 0 Å². The van der Waals surface area contributed by atoms with Crippen molar-refractivity contribution >= 4 is 35.3 Å². The van der Waals surface area contributed by atoms with Gasteiger partial charge in [-0.15, -0.1) is 0 Å². The van der Waals surface area contributed by atoms with Crippen LogP contribution < -0.4 is 10.4 Å². The molecule has 0 heterocycles. The smallest absolute Gasteiger partial charge is 0.258 e. The third-order valence-electron chi connectivity index (χ3n) is 7.59. The zero-order chi connectivity index (χ0) is 25.9. The van der Waals surface area contributed by atoms with Gasteiger partial charge in [0.2, 0.25) is 0 Å². The van der Waals surface area contributed by atoms with Crippen LogP contribution in [0, 0.1) is 0 Å². The molecule has 0 saturated heterocycles. The van der Waals surface area contributed by atoms with Gasteiger partial charge in [-0.25, -0.2) is 0 Å². The molecule has 2 rings (SSSR count). The second kappa shape index (κ2) is 10.3. The summed E-state index contributed by atoms with van der Waals surface area (Å²) in [5.74, 6) is 0. The zero-order valence-electron chi connectivity index (χ0n) is 23.6. The van der Waals surface area contributed by atoms with Crippen LogP contribution >= 0.6 is 0 Å². The van der Waals surface area contributed by atoms with Crippen LogP contribution in [0.4, 0.5) is 0 Å². The Balaban J connectivity index is 0.000000337. The van der Waals surface area contributed by atoms with E-state index in [0.29, 0.717) is 10.1 Å². The average Bonchev–Trinajstić information content (AvgIpc) is 2.66. The predicted octanol–water partition coefficient (Wildman–Crippen LogP) is 7.55. The molecule has 0 unspecified atom stereocenters. The van der Waals surface area contributed by atoms with E-state index in [1.807, 2.05) is 60.7 Å². The first-order chi connectivity index (χ1) is 14.7. The lowest BCUT2D eigenvalue weighted by Crippen LogP contribution is -2.64. The molecule has 0 atom stereocenters. The van der Waals surface area contributed by atoms with Gasteiger partial charge in [0.05, 0.1) is 0 Å². The Labute approximate surface area is 208 Å². The van der Waals surface area contributed by atoms with Gasteiger partial charge in [0.25, 0.3) is 8.32 Å². The molecule has 2 aromatic carbocycles. The molecule has 0 fully saturated rings. The van der Waals surface area contributed by atoms with Gasteiger partial charge in [-0.2, -0.15) is 0 Å². The fourth-order valence-corrected chi connectivity index (χ4v) is 14.3. The van der Waals surface area contributed by atoms with E-state index in [1.165, 1.54) is 0 Å². The van der Waals surface area contributed by atoms with Crippen molar-refractivity contribution in [1.29, 1.82) is 0 Å². The van der Waals surface area contributed by atoms with Crippen LogP contribution in [0.25, 0.3) is 0 Å². The minimum absolute atomic E-state index is 0.143. The van der Waals surface area contributed by atoms with Crippen LogP contribution in [-0.4, -0.2) is 29.7 Å². The molecule has 5 heteroatoms. The van der Waals surface area contributed by atoms with Crippen molar-refractivity contribution in [2.24, 2.45) is 0 Å². The monoisotopic (exact) mass is 502 g/mol. The lowest BCUT2D eigenvalue weighted by atomic mass is 10.2. The number of hydrogen-bond acceptors (Lipinski definition) is 2. The highest BCUT2D eigenvalue weighted by molar-refractivity contribution is 6.98. The molecule has 0 spiro atoms. The predicted molar refractivity (Wildman–Crippen MR) is 155 cm³/mol. The molecule has 2 aromatic rings. The highest BCUT2D eigenvalue weighted by Gasteiger charge is 2.47. The van der Waals surface area contributed by atoms with E-state index in [9.17, 15) is 4.80 Å². The Bertz CT molecular complexity index is 793. The largest absolute Gasteiger partial charge is 0.455 e. The second-order valence-electron chi connectivity index (χ2n) is 13.3. The van der Waals surface area contributed by atoms with Gasteiger partial charge < -0.3 is 8.91 Å². The summed E-state index contributed by atoms with van der Waals surface area (Å²) < 4.78 is 6.63. The van der Waals surface area contributed by atoms with E-state index < -0.39 is 25.0 Å². The van der Waals surface area contributed by atoms with Crippen LogP contribution in [0.15, 0.2) is 60.7 Å². The molecule has 0 amide bonds. The molecule has 0 aliphatic heterocycles. The molecule has 0 saturated carbocycles. The Hall–Kier alpha value is -0.989. The van der Waals surface area contributed by atoms with Gasteiger partial charge in [0, 0.05) is 0 Å². The minimum Gasteiger partial charge on any atom is -0.455 e. The molecular weight excluding hydrogens is 453 g/mol. The number of rotatable bonds is 4. The molecule has 0 aromatic heterocycles. The Morgan fingerprint density at radius 2 is 0.788 bits per heavy atom. The standard InChI is InChI=1S/C16H20OSi.C12H30OSi2/c1-16(2,3)18(17,14-10-6-4-7-11-14)15-12-8-5-9-13-15;1-11(2,3)14(7,8)13-15(9,10)12(4,5)6/h4-13,17H,1-3H3;1-10H3. The topological polar surface area (TPSA) is 29.5 Å². The molecule has 1 N–H and O–H groups in total. The van der Waals surface area contributed by atoms with E-state index in [2.05, 4.69) is 88.5 Å². The van der Waals surface area contributed by atoms with E-state index in [1.54, 1.807) is 0 Å². The Morgan fingerprint density at radius 3 is 1.00 bits per heavy atom. The minimum atomic E-state index is -2.70. The normalized spacial score (nSPS) is 13.9. The fourth-order valence-electron chi connectivity index (χ4n) is 3.34. The maximum absolute atomic E-state index is 11.4. The summed E-state index contributed by atoms with van der Waals surface area (Å²) in [7, 11) is -5.88. The Kier molecular flexibility index (Phi) is 9.40. The molecule has 33 heavy (non-hydrogen) atoms. The maximum Gasteiger partial charge on any atom is 0.258 e. The van der Waals surface area contributed by atoms with Crippen molar-refractivity contribution in [3.05, 3.63) is 60.7 Å². The van der Waals surface area contributed by atoms with Crippen molar-refractivity contribution in [3.8, 4) is 0 Å². The molecule has 186 valence electrons. The fraction of sp³-hybridized carbons (Fsp3) is 0.571. The summed E-state index contributed by atoms with van der Waals surface area (Å²) in [5, 5.41) is 2.65. The van der Waals surface area contributed by atoms with Gasteiger partial charge in [-0.3, -0.25) is 0 Å². The van der Waals surface area contributed by atoms with Crippen LogP contribution in [-0.2, 0) is 4.12 Å². The van der Waals surface area contributed by atoms with Crippen LogP contribution in [0.3, 0.4) is 0 Å². The number of benzene rings is 2. The van der Waals surface area contributed by atoms with E-state index >= 15 is 0 Å². The molecule has 0 radical (unpaired) electrons. The van der Waals surface area contributed by atoms with Gasteiger partial charge in [-0.05, 0) is 51.7 Å². The van der Waals surface area contributed by atoms with Gasteiger partial charge in [-0.1, -0.05) is 123 Å². The third kappa shape index (κ3) is 7.25. The molecule has 0 aliphatic carbocycles. The lowest BCUT2D eigenvalue weighted by molar-refractivity contribution is 0.449. The maximum atomic E-state index is 11.4. The third-order valence-corrected chi connectivity index (χ3v) is 23.4. The van der Waals surface area contributed by atoms with E-state index in [-0.39, 0.29) is 5.04 Å². The highest BCUT2D eigenvalue weighted by atomic mass is 28.4.